The fourth-order valence-corrected chi connectivity index (χ4v) is 6.32. The van der Waals surface area contributed by atoms with Gasteiger partial charge in [0.15, 0.2) is 11.5 Å². The summed E-state index contributed by atoms with van der Waals surface area (Å²) in [5, 5.41) is 0. The normalized spacial score (nSPS) is 16.0. The first-order chi connectivity index (χ1) is 21.2. The summed E-state index contributed by atoms with van der Waals surface area (Å²) in [4.78, 5) is 14.1. The lowest BCUT2D eigenvalue weighted by Gasteiger charge is -2.18. The molecule has 0 bridgehead atoms. The quantitative estimate of drug-likeness (QED) is 0.214. The third-order valence-corrected chi connectivity index (χ3v) is 8.89. The van der Waals surface area contributed by atoms with Crippen molar-refractivity contribution < 1.29 is 36.6 Å². The average Bonchev–Trinajstić information content (AvgIpc) is 3.44. The van der Waals surface area contributed by atoms with Gasteiger partial charge >= 0.3 is 0 Å². The van der Waals surface area contributed by atoms with E-state index in [9.17, 15) is 17.6 Å². The summed E-state index contributed by atoms with van der Waals surface area (Å²) < 4.78 is 64.0. The third kappa shape index (κ3) is 9.65. The zero-order valence-corrected chi connectivity index (χ0v) is 25.9. The van der Waals surface area contributed by atoms with Gasteiger partial charge in [-0.3, -0.25) is 9.69 Å². The van der Waals surface area contributed by atoms with E-state index >= 15 is 0 Å². The Morgan fingerprint density at radius 2 is 1.80 bits per heavy atom. The van der Waals surface area contributed by atoms with Crippen molar-refractivity contribution in [2.45, 2.75) is 55.9 Å². The summed E-state index contributed by atoms with van der Waals surface area (Å²) in [6.07, 6.45) is 1.83. The fraction of sp³-hybridized carbons (Fsp3) is 0.406. The van der Waals surface area contributed by atoms with Gasteiger partial charge in [0, 0.05) is 31.7 Å². The number of hydrogen-bond donors (Lipinski definition) is 2. The Morgan fingerprint density at radius 1 is 1.02 bits per heavy atom. The van der Waals surface area contributed by atoms with Crippen molar-refractivity contribution in [1.29, 1.82) is 0 Å². The third-order valence-electron chi connectivity index (χ3n) is 7.38. The van der Waals surface area contributed by atoms with E-state index in [1.54, 1.807) is 18.2 Å². The van der Waals surface area contributed by atoms with Crippen molar-refractivity contribution in [3.8, 4) is 17.2 Å². The number of unbranched alkanes of at least 4 members (excludes halogenated alkanes) is 1. The van der Waals surface area contributed by atoms with Crippen LogP contribution in [0.4, 0.5) is 4.39 Å². The second-order valence-electron chi connectivity index (χ2n) is 10.7. The first kappa shape index (κ1) is 33.2. The predicted octanol–water partition coefficient (Wildman–Crippen LogP) is 4.02. The van der Waals surface area contributed by atoms with Crippen molar-refractivity contribution >= 4 is 15.9 Å². The van der Waals surface area contributed by atoms with Crippen molar-refractivity contribution in [1.82, 2.24) is 9.62 Å². The lowest BCUT2D eigenvalue weighted by molar-refractivity contribution is -0.130. The molecule has 10 nitrogen and oxygen atoms in total. The largest absolute Gasteiger partial charge is 0.494 e. The molecule has 238 valence electrons. The molecule has 1 saturated heterocycles. The fourth-order valence-electron chi connectivity index (χ4n) is 5.04. The maximum atomic E-state index is 13.1. The molecule has 3 aromatic rings. The van der Waals surface area contributed by atoms with Gasteiger partial charge in [-0.25, -0.2) is 17.5 Å². The molecule has 0 spiro atoms. The first-order valence-electron chi connectivity index (χ1n) is 14.5. The van der Waals surface area contributed by atoms with Gasteiger partial charge in [-0.15, -0.1) is 0 Å². The molecule has 44 heavy (non-hydrogen) atoms. The number of benzene rings is 3. The molecular weight excluding hydrogens is 589 g/mol. The van der Waals surface area contributed by atoms with E-state index in [1.807, 2.05) is 24.3 Å². The van der Waals surface area contributed by atoms with Crippen LogP contribution in [0.1, 0.15) is 36.8 Å². The van der Waals surface area contributed by atoms with Gasteiger partial charge in [-0.2, -0.15) is 0 Å². The Kier molecular flexibility index (Phi) is 12.0. The Labute approximate surface area is 258 Å². The number of carbonyl (C=O) groups is 1. The van der Waals surface area contributed by atoms with Crippen LogP contribution in [0.5, 0.6) is 17.2 Å². The standard InChI is InChI=1S/C32H40FN3O7S/c1-40-29-14-13-28(19-31(29)41-2)44(38,39)35-26-15-16-36(21-26)20-24-6-5-7-27(18-24)42-17-4-3-8-30(32(34)37)43-22-23-9-11-25(33)12-10-23/h5-7,9-14,18-19,26,30,35H,3-4,8,15-17,20-22H2,1-2H3,(H2,34,37). The average molecular weight is 630 g/mol. The molecule has 0 aliphatic carbocycles. The highest BCUT2D eigenvalue weighted by molar-refractivity contribution is 7.89. The second kappa shape index (κ2) is 15.8. The molecule has 1 aliphatic heterocycles. The summed E-state index contributed by atoms with van der Waals surface area (Å²) in [6.45, 7) is 2.66. The number of nitrogens with zero attached hydrogens (tertiary/aromatic N) is 1. The van der Waals surface area contributed by atoms with Gasteiger partial charge in [0.25, 0.3) is 0 Å². The van der Waals surface area contributed by atoms with E-state index in [0.717, 1.165) is 23.4 Å². The molecule has 0 saturated carbocycles. The maximum absolute atomic E-state index is 13.1. The highest BCUT2D eigenvalue weighted by atomic mass is 32.2. The number of likely N-dealkylation sites (tertiary alicyclic amines) is 1. The minimum absolute atomic E-state index is 0.126. The van der Waals surface area contributed by atoms with E-state index in [-0.39, 0.29) is 23.4 Å². The number of ether oxygens (including phenoxy) is 4. The summed E-state index contributed by atoms with van der Waals surface area (Å²) in [6, 6.07) is 18.1. The number of halogens is 1. The van der Waals surface area contributed by atoms with Gasteiger partial charge in [-0.1, -0.05) is 24.3 Å². The molecule has 3 aromatic carbocycles. The van der Waals surface area contributed by atoms with Gasteiger partial charge < -0.3 is 24.7 Å². The number of amides is 1. The summed E-state index contributed by atoms with van der Waals surface area (Å²) in [5.41, 5.74) is 7.33. The summed E-state index contributed by atoms with van der Waals surface area (Å²) >= 11 is 0. The topological polar surface area (TPSA) is 129 Å². The van der Waals surface area contributed by atoms with Crippen molar-refractivity contribution in [3.05, 3.63) is 83.7 Å². The predicted molar refractivity (Wildman–Crippen MR) is 164 cm³/mol. The molecule has 0 aromatic heterocycles. The summed E-state index contributed by atoms with van der Waals surface area (Å²) in [5.74, 6) is 0.702. The second-order valence-corrected chi connectivity index (χ2v) is 12.4. The number of nitrogens with two attached hydrogens (primary N) is 1. The van der Waals surface area contributed by atoms with Crippen molar-refractivity contribution in [3.63, 3.8) is 0 Å². The van der Waals surface area contributed by atoms with Gasteiger partial charge in [0.05, 0.1) is 32.3 Å². The van der Waals surface area contributed by atoms with Crippen LogP contribution in [0.3, 0.4) is 0 Å². The molecule has 0 radical (unpaired) electrons. The van der Waals surface area contributed by atoms with Crippen LogP contribution in [0.15, 0.2) is 71.6 Å². The number of sulfonamides is 1. The minimum atomic E-state index is -3.73. The Hall–Kier alpha value is -3.71. The zero-order valence-electron chi connectivity index (χ0n) is 25.0. The van der Waals surface area contributed by atoms with Gasteiger partial charge in [-0.05, 0) is 73.2 Å². The van der Waals surface area contributed by atoms with E-state index in [4.69, 9.17) is 24.7 Å². The Bertz CT molecular complexity index is 1490. The van der Waals surface area contributed by atoms with Crippen LogP contribution in [0.2, 0.25) is 0 Å². The number of primary amides is 1. The maximum Gasteiger partial charge on any atom is 0.246 e. The molecule has 4 rings (SSSR count). The molecular formula is C32H40FN3O7S. The molecule has 1 amide bonds. The van der Waals surface area contributed by atoms with Gasteiger partial charge in [0.2, 0.25) is 15.9 Å². The van der Waals surface area contributed by atoms with Crippen molar-refractivity contribution in [2.75, 3.05) is 33.9 Å². The highest BCUT2D eigenvalue weighted by Gasteiger charge is 2.28. The molecule has 3 N–H and O–H groups in total. The minimum Gasteiger partial charge on any atom is -0.494 e. The Morgan fingerprint density at radius 3 is 2.52 bits per heavy atom. The molecule has 2 atom stereocenters. The molecule has 1 heterocycles. The number of carbonyl (C=O) groups excluding carboxylic acids is 1. The smallest absolute Gasteiger partial charge is 0.246 e. The van der Waals surface area contributed by atoms with E-state index in [1.165, 1.54) is 38.5 Å². The highest BCUT2D eigenvalue weighted by Crippen LogP contribution is 2.30. The number of rotatable bonds is 17. The monoisotopic (exact) mass is 629 g/mol. The lowest BCUT2D eigenvalue weighted by Crippen LogP contribution is -2.36. The van der Waals surface area contributed by atoms with Crippen LogP contribution in [0.25, 0.3) is 0 Å². The molecule has 2 unspecified atom stereocenters. The van der Waals surface area contributed by atoms with E-state index < -0.39 is 22.0 Å². The SMILES string of the molecule is COc1ccc(S(=O)(=O)NC2CCN(Cc3cccc(OCCCCC(OCc4ccc(F)cc4)C(N)=O)c3)C2)cc1OC. The molecule has 1 aliphatic rings. The Balaban J connectivity index is 1.19. The lowest BCUT2D eigenvalue weighted by atomic mass is 10.1. The first-order valence-corrected chi connectivity index (χ1v) is 16.0. The summed E-state index contributed by atoms with van der Waals surface area (Å²) in [7, 11) is -0.759. The van der Waals surface area contributed by atoms with E-state index in [0.29, 0.717) is 56.9 Å². The van der Waals surface area contributed by atoms with Crippen molar-refractivity contribution in [2.24, 2.45) is 5.73 Å². The molecule has 12 heteroatoms. The van der Waals surface area contributed by atoms with E-state index in [2.05, 4.69) is 9.62 Å². The van der Waals surface area contributed by atoms with Crippen LogP contribution < -0.4 is 24.7 Å². The van der Waals surface area contributed by atoms with Crippen LogP contribution in [0, 0.1) is 5.82 Å². The van der Waals surface area contributed by atoms with Gasteiger partial charge in [0.1, 0.15) is 17.7 Å². The zero-order chi connectivity index (χ0) is 31.5. The van der Waals surface area contributed by atoms with Crippen LogP contribution in [-0.2, 0) is 32.7 Å². The number of hydrogen-bond acceptors (Lipinski definition) is 8. The van der Waals surface area contributed by atoms with Crippen LogP contribution in [-0.4, -0.2) is 65.3 Å². The van der Waals surface area contributed by atoms with Crippen LogP contribution >= 0.6 is 0 Å². The number of nitrogens with one attached hydrogen (secondary N) is 1. The number of methoxy groups -OCH3 is 2. The molecule has 1 fully saturated rings.